The molecule has 0 radical (unpaired) electrons. The molecule has 1 rings (SSSR count). The van der Waals surface area contributed by atoms with Crippen molar-refractivity contribution < 1.29 is 30.3 Å². The van der Waals surface area contributed by atoms with E-state index < -0.39 is 24.3 Å². The molecular weight excluding hydrogens is 336 g/mol. The highest BCUT2D eigenvalue weighted by Gasteiger charge is 2.39. The lowest BCUT2D eigenvalue weighted by Gasteiger charge is -2.21. The van der Waals surface area contributed by atoms with Crippen molar-refractivity contribution >= 4 is 5.97 Å². The molecule has 6 heteroatoms. The van der Waals surface area contributed by atoms with Crippen molar-refractivity contribution in [1.29, 1.82) is 0 Å². The third kappa shape index (κ3) is 9.12. The third-order valence-electron chi connectivity index (χ3n) is 5.27. The van der Waals surface area contributed by atoms with Gasteiger partial charge in [0.2, 0.25) is 0 Å². The van der Waals surface area contributed by atoms with Crippen molar-refractivity contribution in [2.24, 2.45) is 11.8 Å². The SMILES string of the molecule is C[C@@H](O)CCC[C@@H](O)/C=C/[C@@H]1[C@@H](CCCCCCC(=O)O)[C@@H](O)C[C@H]1O. The Balaban J connectivity index is 2.38. The van der Waals surface area contributed by atoms with E-state index in [1.165, 1.54) is 0 Å². The Bertz CT molecular complexity index is 423. The van der Waals surface area contributed by atoms with Crippen LogP contribution in [0.2, 0.25) is 0 Å². The fourth-order valence-electron chi connectivity index (χ4n) is 3.76. The molecule has 0 aromatic rings. The van der Waals surface area contributed by atoms with Gasteiger partial charge < -0.3 is 25.5 Å². The summed E-state index contributed by atoms with van der Waals surface area (Å²) < 4.78 is 0. The highest BCUT2D eigenvalue weighted by Crippen LogP contribution is 2.37. The fourth-order valence-corrected chi connectivity index (χ4v) is 3.76. The first-order valence-corrected chi connectivity index (χ1v) is 9.93. The summed E-state index contributed by atoms with van der Waals surface area (Å²) in [6, 6.07) is 0. The predicted molar refractivity (Wildman–Crippen MR) is 99.6 cm³/mol. The Morgan fingerprint density at radius 3 is 2.38 bits per heavy atom. The van der Waals surface area contributed by atoms with E-state index in [4.69, 9.17) is 5.11 Å². The van der Waals surface area contributed by atoms with Crippen LogP contribution in [0.3, 0.4) is 0 Å². The third-order valence-corrected chi connectivity index (χ3v) is 5.27. The maximum absolute atomic E-state index is 10.5. The van der Waals surface area contributed by atoms with Crippen molar-refractivity contribution in [1.82, 2.24) is 0 Å². The first-order valence-electron chi connectivity index (χ1n) is 9.93. The summed E-state index contributed by atoms with van der Waals surface area (Å²) in [5.41, 5.74) is 0. The Labute approximate surface area is 156 Å². The number of hydrogen-bond donors (Lipinski definition) is 5. The lowest BCUT2D eigenvalue weighted by atomic mass is 9.88. The average Bonchev–Trinajstić information content (AvgIpc) is 2.81. The molecule has 5 N–H and O–H groups in total. The number of unbranched alkanes of at least 4 members (excludes halogenated alkanes) is 3. The van der Waals surface area contributed by atoms with Gasteiger partial charge in [0, 0.05) is 18.8 Å². The minimum Gasteiger partial charge on any atom is -0.481 e. The summed E-state index contributed by atoms with van der Waals surface area (Å²) in [4.78, 5) is 10.5. The van der Waals surface area contributed by atoms with E-state index in [1.54, 1.807) is 13.0 Å². The van der Waals surface area contributed by atoms with E-state index in [-0.39, 0.29) is 24.4 Å². The smallest absolute Gasteiger partial charge is 0.303 e. The Hall–Kier alpha value is -0.950. The van der Waals surface area contributed by atoms with Crippen molar-refractivity contribution in [2.75, 3.05) is 0 Å². The van der Waals surface area contributed by atoms with Gasteiger partial charge in [0.25, 0.3) is 0 Å². The molecular formula is C20H36O6. The van der Waals surface area contributed by atoms with Gasteiger partial charge in [0.1, 0.15) is 0 Å². The van der Waals surface area contributed by atoms with Crippen LogP contribution >= 0.6 is 0 Å². The van der Waals surface area contributed by atoms with E-state index in [9.17, 15) is 25.2 Å². The number of carboxylic acid groups (broad SMARTS) is 1. The first kappa shape index (κ1) is 23.1. The quantitative estimate of drug-likeness (QED) is 0.250. The molecule has 26 heavy (non-hydrogen) atoms. The van der Waals surface area contributed by atoms with Crippen LogP contribution in [0.15, 0.2) is 12.2 Å². The van der Waals surface area contributed by atoms with Gasteiger partial charge >= 0.3 is 5.97 Å². The second-order valence-electron chi connectivity index (χ2n) is 7.69. The van der Waals surface area contributed by atoms with Crippen molar-refractivity contribution in [3.05, 3.63) is 12.2 Å². The lowest BCUT2D eigenvalue weighted by molar-refractivity contribution is -0.137. The van der Waals surface area contributed by atoms with Crippen molar-refractivity contribution in [3.63, 3.8) is 0 Å². The summed E-state index contributed by atoms with van der Waals surface area (Å²) >= 11 is 0. The Morgan fingerprint density at radius 2 is 1.73 bits per heavy atom. The van der Waals surface area contributed by atoms with Crippen LogP contribution in [0.25, 0.3) is 0 Å². The molecule has 6 atom stereocenters. The number of aliphatic carboxylic acids is 1. The highest BCUT2D eigenvalue weighted by molar-refractivity contribution is 5.66. The Kier molecular flexibility index (Phi) is 11.0. The standard InChI is InChI=1S/C20H36O6/c1-14(21)7-6-8-15(22)11-12-17-16(18(23)13-19(17)24)9-4-2-3-5-10-20(25)26/h11-12,14-19,21-24H,2-10,13H2,1H3,(H,25,26)/b12-11+/t14-,15-,16-,17-,18+,19-/m1/s1. The topological polar surface area (TPSA) is 118 Å². The number of hydrogen-bond acceptors (Lipinski definition) is 5. The van der Waals surface area contributed by atoms with Crippen molar-refractivity contribution in [2.45, 2.75) is 95.5 Å². The monoisotopic (exact) mass is 372 g/mol. The largest absolute Gasteiger partial charge is 0.481 e. The molecule has 0 bridgehead atoms. The number of aliphatic hydroxyl groups excluding tert-OH is 4. The van der Waals surface area contributed by atoms with Crippen molar-refractivity contribution in [3.8, 4) is 0 Å². The lowest BCUT2D eigenvalue weighted by Crippen LogP contribution is -2.21. The molecule has 1 saturated carbocycles. The van der Waals surface area contributed by atoms with Gasteiger partial charge in [0.05, 0.1) is 24.4 Å². The van der Waals surface area contributed by atoms with Crippen LogP contribution in [0.5, 0.6) is 0 Å². The zero-order valence-corrected chi connectivity index (χ0v) is 15.8. The van der Waals surface area contributed by atoms with Gasteiger partial charge in [-0.15, -0.1) is 0 Å². The highest BCUT2D eigenvalue weighted by atomic mass is 16.4. The molecule has 6 nitrogen and oxygen atoms in total. The molecule has 1 aliphatic carbocycles. The zero-order valence-electron chi connectivity index (χ0n) is 15.8. The van der Waals surface area contributed by atoms with E-state index in [2.05, 4.69) is 0 Å². The van der Waals surface area contributed by atoms with E-state index >= 15 is 0 Å². The van der Waals surface area contributed by atoms with Crippen LogP contribution in [0.1, 0.15) is 71.1 Å². The molecule has 0 aromatic carbocycles. The summed E-state index contributed by atoms with van der Waals surface area (Å²) in [6.07, 6.45) is 8.10. The van der Waals surface area contributed by atoms with Gasteiger partial charge in [-0.2, -0.15) is 0 Å². The average molecular weight is 373 g/mol. The summed E-state index contributed by atoms with van der Waals surface area (Å²) in [5, 5.41) is 48.3. The van der Waals surface area contributed by atoms with Crippen LogP contribution in [-0.2, 0) is 4.79 Å². The molecule has 0 aromatic heterocycles. The van der Waals surface area contributed by atoms with E-state index in [0.717, 1.165) is 32.1 Å². The summed E-state index contributed by atoms with van der Waals surface area (Å²) in [6.45, 7) is 1.73. The molecule has 1 aliphatic rings. The number of rotatable bonds is 13. The fraction of sp³-hybridized carbons (Fsp3) is 0.850. The zero-order chi connectivity index (χ0) is 19.5. The molecule has 0 saturated heterocycles. The van der Waals surface area contributed by atoms with Crippen LogP contribution in [0.4, 0.5) is 0 Å². The normalized spacial score (nSPS) is 28.5. The first-order chi connectivity index (χ1) is 12.3. The minimum atomic E-state index is -0.767. The molecule has 0 unspecified atom stereocenters. The molecule has 0 aliphatic heterocycles. The Morgan fingerprint density at radius 1 is 1.04 bits per heavy atom. The number of carbonyl (C=O) groups is 1. The maximum Gasteiger partial charge on any atom is 0.303 e. The van der Waals surface area contributed by atoms with Crippen LogP contribution < -0.4 is 0 Å². The van der Waals surface area contributed by atoms with E-state index in [0.29, 0.717) is 25.7 Å². The van der Waals surface area contributed by atoms with Gasteiger partial charge in [-0.3, -0.25) is 4.79 Å². The predicted octanol–water partition coefficient (Wildman–Crippen LogP) is 2.24. The second-order valence-corrected chi connectivity index (χ2v) is 7.69. The van der Waals surface area contributed by atoms with Crippen LogP contribution in [0, 0.1) is 11.8 Å². The molecule has 0 amide bonds. The number of aliphatic hydroxyl groups is 4. The number of carboxylic acids is 1. The molecule has 1 fully saturated rings. The van der Waals surface area contributed by atoms with Gasteiger partial charge in [-0.05, 0) is 44.9 Å². The molecule has 0 heterocycles. The molecule has 0 spiro atoms. The van der Waals surface area contributed by atoms with Gasteiger partial charge in [0.15, 0.2) is 0 Å². The molecule has 152 valence electrons. The van der Waals surface area contributed by atoms with Gasteiger partial charge in [-0.25, -0.2) is 0 Å². The summed E-state index contributed by atoms with van der Waals surface area (Å²) in [7, 11) is 0. The maximum atomic E-state index is 10.5. The van der Waals surface area contributed by atoms with Gasteiger partial charge in [-0.1, -0.05) is 31.4 Å². The second kappa shape index (κ2) is 12.4. The van der Waals surface area contributed by atoms with E-state index in [1.807, 2.05) is 6.08 Å². The summed E-state index contributed by atoms with van der Waals surface area (Å²) in [5.74, 6) is -0.947. The minimum absolute atomic E-state index is 0.0228. The van der Waals surface area contributed by atoms with Crippen LogP contribution in [-0.4, -0.2) is 55.9 Å².